The predicted octanol–water partition coefficient (Wildman–Crippen LogP) is 6.34. The van der Waals surface area contributed by atoms with Crippen LogP contribution in [0.2, 0.25) is 5.02 Å². The highest BCUT2D eigenvalue weighted by molar-refractivity contribution is 6.30. The molecule has 0 unspecified atom stereocenters. The van der Waals surface area contributed by atoms with Crippen LogP contribution in [0.1, 0.15) is 13.3 Å². The zero-order valence-corrected chi connectivity index (χ0v) is 22.8. The lowest BCUT2D eigenvalue weighted by atomic mass is 10.0. The first-order valence-corrected chi connectivity index (χ1v) is 12.8. The Morgan fingerprint density at radius 1 is 1.10 bits per heavy atom. The third kappa shape index (κ3) is 6.98. The van der Waals surface area contributed by atoms with Crippen LogP contribution >= 0.6 is 11.6 Å². The van der Waals surface area contributed by atoms with Gasteiger partial charge < -0.3 is 19.9 Å². The second-order valence-electron chi connectivity index (χ2n) is 8.82. The molecule has 0 atom stereocenters. The number of methoxy groups -OCH3 is 1. The number of amides is 1. The van der Waals surface area contributed by atoms with Gasteiger partial charge in [0.05, 0.1) is 25.4 Å². The van der Waals surface area contributed by atoms with Gasteiger partial charge in [-0.25, -0.2) is 4.68 Å². The number of aromatic nitrogens is 2. The van der Waals surface area contributed by atoms with Crippen LogP contribution in [0.5, 0.6) is 11.5 Å². The third-order valence-corrected chi connectivity index (χ3v) is 6.22. The fraction of sp³-hybridized carbons (Fsp3) is 0.129. The molecule has 1 heterocycles. The van der Waals surface area contributed by atoms with E-state index in [1.165, 1.54) is 6.08 Å². The van der Waals surface area contributed by atoms with Crippen LogP contribution in [0.15, 0.2) is 103 Å². The van der Waals surface area contributed by atoms with Crippen LogP contribution in [0, 0.1) is 0 Å². The van der Waals surface area contributed by atoms with Crippen LogP contribution in [-0.4, -0.2) is 40.4 Å². The standard InChI is InChI=1S/C31H28ClN3O5/c1-4-26(12-8-20(2)31(38)33-15-14-29(36)37)40-28-19-35(25-7-5-6-24(32)18-25)34-30(28)23-10-9-22-17-27(39-3)13-11-21(22)16-23/h4-13,16-19H,1,14-15H2,2-3H3,(H,33,38)(H,36,37)/b20-8+,26-12+. The van der Waals surface area contributed by atoms with Gasteiger partial charge in [0.15, 0.2) is 5.75 Å². The maximum absolute atomic E-state index is 12.3. The number of nitrogens with one attached hydrogen (secondary N) is 1. The first-order valence-electron chi connectivity index (χ1n) is 12.4. The van der Waals surface area contributed by atoms with E-state index in [2.05, 4.69) is 11.9 Å². The van der Waals surface area contributed by atoms with E-state index in [4.69, 9.17) is 31.3 Å². The second kappa shape index (κ2) is 12.8. The Morgan fingerprint density at radius 2 is 1.88 bits per heavy atom. The van der Waals surface area contributed by atoms with E-state index in [1.807, 2.05) is 48.5 Å². The summed E-state index contributed by atoms with van der Waals surface area (Å²) in [6, 6.07) is 19.1. The Morgan fingerprint density at radius 3 is 2.60 bits per heavy atom. The number of allylic oxidation sites excluding steroid dienone is 3. The third-order valence-electron chi connectivity index (χ3n) is 5.98. The van der Waals surface area contributed by atoms with Crippen LogP contribution in [-0.2, 0) is 9.59 Å². The van der Waals surface area contributed by atoms with Crippen molar-refractivity contribution in [2.75, 3.05) is 13.7 Å². The number of aliphatic carboxylic acids is 1. The van der Waals surface area contributed by atoms with E-state index in [0.717, 1.165) is 27.8 Å². The van der Waals surface area contributed by atoms with Crippen LogP contribution in [0.3, 0.4) is 0 Å². The Balaban J connectivity index is 1.69. The zero-order valence-electron chi connectivity index (χ0n) is 22.1. The summed E-state index contributed by atoms with van der Waals surface area (Å²) in [5, 5.41) is 18.7. The molecule has 4 aromatic rings. The van der Waals surface area contributed by atoms with Gasteiger partial charge >= 0.3 is 5.97 Å². The summed E-state index contributed by atoms with van der Waals surface area (Å²) in [6.07, 6.45) is 6.33. The van der Waals surface area contributed by atoms with E-state index in [-0.39, 0.29) is 18.9 Å². The van der Waals surface area contributed by atoms with Gasteiger partial charge in [0.2, 0.25) is 5.91 Å². The molecule has 0 aliphatic rings. The van der Waals surface area contributed by atoms with Crippen molar-refractivity contribution in [3.63, 3.8) is 0 Å². The monoisotopic (exact) mass is 557 g/mol. The van der Waals surface area contributed by atoms with Crippen LogP contribution in [0.4, 0.5) is 0 Å². The van der Waals surface area contributed by atoms with Crippen LogP contribution < -0.4 is 14.8 Å². The molecule has 0 saturated heterocycles. The topological polar surface area (TPSA) is 103 Å². The van der Waals surface area contributed by atoms with Gasteiger partial charge in [-0.3, -0.25) is 9.59 Å². The van der Waals surface area contributed by atoms with Gasteiger partial charge in [-0.15, -0.1) is 0 Å². The summed E-state index contributed by atoms with van der Waals surface area (Å²) < 4.78 is 13.3. The molecule has 40 heavy (non-hydrogen) atoms. The van der Waals surface area contributed by atoms with Gasteiger partial charge in [-0.2, -0.15) is 5.10 Å². The molecule has 2 N–H and O–H groups in total. The molecular weight excluding hydrogens is 530 g/mol. The van der Waals surface area contributed by atoms with Gasteiger partial charge in [0.1, 0.15) is 17.2 Å². The maximum atomic E-state index is 12.3. The highest BCUT2D eigenvalue weighted by Gasteiger charge is 2.16. The molecule has 9 heteroatoms. The number of ether oxygens (including phenoxy) is 2. The number of hydrogen-bond donors (Lipinski definition) is 2. The summed E-state index contributed by atoms with van der Waals surface area (Å²) in [5.74, 6) is 0.271. The maximum Gasteiger partial charge on any atom is 0.305 e. The van der Waals surface area contributed by atoms with Crippen molar-refractivity contribution in [3.05, 3.63) is 108 Å². The molecule has 3 aromatic carbocycles. The number of nitrogens with zero attached hydrogens (tertiary/aromatic N) is 2. The van der Waals surface area contributed by atoms with Crippen molar-refractivity contribution in [1.82, 2.24) is 15.1 Å². The van der Waals surface area contributed by atoms with Crippen molar-refractivity contribution in [1.29, 1.82) is 0 Å². The Hall–Kier alpha value is -4.82. The number of carboxylic acids is 1. The highest BCUT2D eigenvalue weighted by Crippen LogP contribution is 2.34. The number of carboxylic acid groups (broad SMARTS) is 1. The number of benzene rings is 3. The Labute approximate surface area is 236 Å². The molecule has 4 rings (SSSR count). The molecule has 1 aromatic heterocycles. The Kier molecular flexibility index (Phi) is 9.04. The molecule has 0 bridgehead atoms. The van der Waals surface area contributed by atoms with Crippen molar-refractivity contribution in [3.8, 4) is 28.4 Å². The smallest absolute Gasteiger partial charge is 0.305 e. The summed E-state index contributed by atoms with van der Waals surface area (Å²) >= 11 is 6.23. The number of halogens is 1. The molecule has 1 amide bonds. The summed E-state index contributed by atoms with van der Waals surface area (Å²) in [7, 11) is 1.63. The van der Waals surface area contributed by atoms with Crippen molar-refractivity contribution in [2.45, 2.75) is 13.3 Å². The number of hydrogen-bond acceptors (Lipinski definition) is 5. The van der Waals surface area contributed by atoms with Gasteiger partial charge in [-0.1, -0.05) is 48.5 Å². The van der Waals surface area contributed by atoms with Gasteiger partial charge in [0.25, 0.3) is 0 Å². The number of carbonyl (C=O) groups is 2. The van der Waals surface area contributed by atoms with Gasteiger partial charge in [0, 0.05) is 22.7 Å². The lowest BCUT2D eigenvalue weighted by Crippen LogP contribution is -2.26. The van der Waals surface area contributed by atoms with E-state index in [0.29, 0.717) is 27.8 Å². The summed E-state index contributed by atoms with van der Waals surface area (Å²) in [4.78, 5) is 22.9. The minimum atomic E-state index is -0.982. The van der Waals surface area contributed by atoms with Crippen molar-refractivity contribution in [2.24, 2.45) is 0 Å². The normalized spacial score (nSPS) is 11.8. The van der Waals surface area contributed by atoms with Crippen molar-refractivity contribution < 1.29 is 24.2 Å². The molecule has 0 radical (unpaired) electrons. The largest absolute Gasteiger partial charge is 0.497 e. The fourth-order valence-electron chi connectivity index (χ4n) is 3.86. The Bertz CT molecular complexity index is 1640. The van der Waals surface area contributed by atoms with E-state index >= 15 is 0 Å². The fourth-order valence-corrected chi connectivity index (χ4v) is 4.04. The molecule has 0 aliphatic heterocycles. The molecule has 0 saturated carbocycles. The molecule has 8 nitrogen and oxygen atoms in total. The average Bonchev–Trinajstić information content (AvgIpc) is 3.38. The summed E-state index contributed by atoms with van der Waals surface area (Å²) in [5.41, 5.74) is 2.57. The average molecular weight is 558 g/mol. The molecule has 0 aliphatic carbocycles. The first-order chi connectivity index (χ1) is 19.3. The second-order valence-corrected chi connectivity index (χ2v) is 9.26. The lowest BCUT2D eigenvalue weighted by Gasteiger charge is -2.08. The molecule has 0 fully saturated rings. The van der Waals surface area contributed by atoms with Crippen LogP contribution in [0.25, 0.3) is 27.7 Å². The van der Waals surface area contributed by atoms with Crippen molar-refractivity contribution >= 4 is 34.2 Å². The highest BCUT2D eigenvalue weighted by atomic mass is 35.5. The molecule has 204 valence electrons. The zero-order chi connectivity index (χ0) is 28.6. The first kappa shape index (κ1) is 28.2. The molecular formula is C31H28ClN3O5. The summed E-state index contributed by atoms with van der Waals surface area (Å²) in [6.45, 7) is 5.51. The lowest BCUT2D eigenvalue weighted by molar-refractivity contribution is -0.136. The van der Waals surface area contributed by atoms with Gasteiger partial charge in [-0.05, 0) is 66.2 Å². The molecule has 0 spiro atoms. The number of fused-ring (bicyclic) bond motifs is 1. The number of carbonyl (C=O) groups excluding carboxylic acids is 1. The van der Waals surface area contributed by atoms with E-state index in [9.17, 15) is 9.59 Å². The SMILES string of the molecule is C=C/C(=C\C=C(/C)C(=O)NCCC(=O)O)Oc1cn(-c2cccc(Cl)c2)nc1-c1ccc2cc(OC)ccc2c1. The predicted molar refractivity (Wildman–Crippen MR) is 156 cm³/mol. The minimum Gasteiger partial charge on any atom is -0.497 e. The van der Waals surface area contributed by atoms with E-state index < -0.39 is 5.97 Å². The number of rotatable bonds is 11. The minimum absolute atomic E-state index is 0.0401. The quantitative estimate of drug-likeness (QED) is 0.127. The van der Waals surface area contributed by atoms with E-state index in [1.54, 1.807) is 49.2 Å².